The monoisotopic (exact) mass is 228 g/mol. The summed E-state index contributed by atoms with van der Waals surface area (Å²) < 4.78 is 5.54. The molecule has 1 aliphatic rings. The topological polar surface area (TPSA) is 64.3 Å². The van der Waals surface area contributed by atoms with Crippen molar-refractivity contribution in [1.82, 2.24) is 5.32 Å². The second-order valence-electron chi connectivity index (χ2n) is 4.89. The molecule has 1 amide bonds. The van der Waals surface area contributed by atoms with E-state index < -0.39 is 5.54 Å². The number of amides is 1. The van der Waals surface area contributed by atoms with Gasteiger partial charge in [-0.1, -0.05) is 6.92 Å². The van der Waals surface area contributed by atoms with Crippen LogP contribution >= 0.6 is 0 Å². The maximum Gasteiger partial charge on any atom is 0.237 e. The minimum absolute atomic E-state index is 0.295. The lowest BCUT2D eigenvalue weighted by Gasteiger charge is -2.27. The van der Waals surface area contributed by atoms with Crippen molar-refractivity contribution in [3.8, 4) is 0 Å². The van der Waals surface area contributed by atoms with Gasteiger partial charge in [0.15, 0.2) is 0 Å². The molecular weight excluding hydrogens is 204 g/mol. The fourth-order valence-corrected chi connectivity index (χ4v) is 1.51. The third-order valence-corrected chi connectivity index (χ3v) is 3.11. The minimum atomic E-state index is -0.625. The molecule has 3 N–H and O–H groups in total. The molecule has 1 fully saturated rings. The molecule has 0 aromatic carbocycles. The molecule has 0 heterocycles. The number of ether oxygens (including phenoxy) is 1. The molecule has 16 heavy (non-hydrogen) atoms. The van der Waals surface area contributed by atoms with E-state index in [0.717, 1.165) is 25.5 Å². The van der Waals surface area contributed by atoms with E-state index in [1.807, 2.05) is 6.92 Å². The molecule has 1 aliphatic carbocycles. The van der Waals surface area contributed by atoms with E-state index in [0.29, 0.717) is 13.0 Å². The van der Waals surface area contributed by atoms with E-state index in [4.69, 9.17) is 10.5 Å². The highest BCUT2D eigenvalue weighted by atomic mass is 16.5. The molecule has 0 bridgehead atoms. The molecule has 1 saturated carbocycles. The molecule has 1 rings (SSSR count). The van der Waals surface area contributed by atoms with Crippen LogP contribution in [0.1, 0.15) is 39.5 Å². The van der Waals surface area contributed by atoms with Gasteiger partial charge in [0.25, 0.3) is 0 Å². The van der Waals surface area contributed by atoms with Crippen LogP contribution in [0.4, 0.5) is 0 Å². The molecule has 4 nitrogen and oxygen atoms in total. The number of nitrogens with two attached hydrogens (primary N) is 1. The van der Waals surface area contributed by atoms with Crippen LogP contribution in [0.25, 0.3) is 0 Å². The zero-order chi connectivity index (χ0) is 12.0. The van der Waals surface area contributed by atoms with E-state index >= 15 is 0 Å². The van der Waals surface area contributed by atoms with Gasteiger partial charge in [-0.05, 0) is 45.1 Å². The van der Waals surface area contributed by atoms with Gasteiger partial charge >= 0.3 is 0 Å². The third kappa shape index (κ3) is 4.49. The molecule has 1 unspecified atom stereocenters. The first-order valence-electron chi connectivity index (χ1n) is 6.21. The van der Waals surface area contributed by atoms with Crippen molar-refractivity contribution in [2.75, 3.05) is 19.8 Å². The normalized spacial score (nSPS) is 19.4. The summed E-state index contributed by atoms with van der Waals surface area (Å²) in [4.78, 5) is 11.4. The molecule has 0 spiro atoms. The summed E-state index contributed by atoms with van der Waals surface area (Å²) in [6.07, 6.45) is 4.23. The number of rotatable bonds is 9. The highest BCUT2D eigenvalue weighted by molar-refractivity contribution is 5.84. The van der Waals surface area contributed by atoms with Gasteiger partial charge in [0.2, 0.25) is 5.91 Å². The van der Waals surface area contributed by atoms with Gasteiger partial charge in [-0.25, -0.2) is 0 Å². The first-order chi connectivity index (χ1) is 7.58. The Morgan fingerprint density at radius 3 is 2.75 bits per heavy atom. The summed E-state index contributed by atoms with van der Waals surface area (Å²) in [6.45, 7) is 6.17. The summed E-state index contributed by atoms with van der Waals surface area (Å²) in [7, 11) is 0. The van der Waals surface area contributed by atoms with Crippen LogP contribution in [0.3, 0.4) is 0 Å². The van der Waals surface area contributed by atoms with Crippen LogP contribution in [0.5, 0.6) is 0 Å². The molecule has 0 aromatic rings. The molecular formula is C12H24N2O2. The number of carbonyl (C=O) groups is 1. The lowest BCUT2D eigenvalue weighted by molar-refractivity contribution is -0.124. The van der Waals surface area contributed by atoms with Crippen LogP contribution in [0.2, 0.25) is 0 Å². The van der Waals surface area contributed by atoms with Crippen LogP contribution < -0.4 is 11.1 Å². The smallest absolute Gasteiger partial charge is 0.237 e. The van der Waals surface area contributed by atoms with Crippen molar-refractivity contribution >= 4 is 5.91 Å². The Balaban J connectivity index is 2.21. The van der Waals surface area contributed by atoms with Crippen LogP contribution in [-0.2, 0) is 9.53 Å². The maximum atomic E-state index is 11.4. The second kappa shape index (κ2) is 6.21. The molecule has 0 aliphatic heterocycles. The van der Waals surface area contributed by atoms with E-state index in [-0.39, 0.29) is 5.91 Å². The maximum absolute atomic E-state index is 11.4. The van der Waals surface area contributed by atoms with Crippen molar-refractivity contribution in [2.45, 2.75) is 45.1 Å². The lowest BCUT2D eigenvalue weighted by Crippen LogP contribution is -2.54. The molecule has 4 heteroatoms. The van der Waals surface area contributed by atoms with Crippen molar-refractivity contribution in [3.05, 3.63) is 0 Å². The Hall–Kier alpha value is -0.610. The average Bonchev–Trinajstić information content (AvgIpc) is 3.05. The second-order valence-corrected chi connectivity index (χ2v) is 4.89. The number of primary amides is 1. The fourth-order valence-electron chi connectivity index (χ4n) is 1.51. The van der Waals surface area contributed by atoms with Gasteiger partial charge in [-0.2, -0.15) is 0 Å². The van der Waals surface area contributed by atoms with Gasteiger partial charge in [-0.3, -0.25) is 4.79 Å². The number of nitrogens with one attached hydrogen (secondary N) is 1. The van der Waals surface area contributed by atoms with Crippen molar-refractivity contribution in [2.24, 2.45) is 11.7 Å². The predicted octanol–water partition coefficient (Wildman–Crippen LogP) is 1.05. The van der Waals surface area contributed by atoms with Crippen LogP contribution in [0.15, 0.2) is 0 Å². The summed E-state index contributed by atoms with van der Waals surface area (Å²) in [5.74, 6) is 0.472. The van der Waals surface area contributed by atoms with Gasteiger partial charge in [0.1, 0.15) is 0 Å². The summed E-state index contributed by atoms with van der Waals surface area (Å²) >= 11 is 0. The Morgan fingerprint density at radius 1 is 1.56 bits per heavy atom. The molecule has 1 atom stereocenters. The largest absolute Gasteiger partial charge is 0.381 e. The summed E-state index contributed by atoms with van der Waals surface area (Å²) in [5, 5.41) is 3.19. The molecule has 0 radical (unpaired) electrons. The molecule has 0 saturated heterocycles. The first-order valence-corrected chi connectivity index (χ1v) is 6.21. The van der Waals surface area contributed by atoms with Gasteiger partial charge in [-0.15, -0.1) is 0 Å². The minimum Gasteiger partial charge on any atom is -0.381 e. The van der Waals surface area contributed by atoms with Gasteiger partial charge < -0.3 is 15.8 Å². The SMILES string of the molecule is CCCNC(C)(CCOCC1CC1)C(N)=O. The third-order valence-electron chi connectivity index (χ3n) is 3.11. The zero-order valence-corrected chi connectivity index (χ0v) is 10.4. The van der Waals surface area contributed by atoms with Crippen molar-refractivity contribution in [3.63, 3.8) is 0 Å². The Morgan fingerprint density at radius 2 is 2.25 bits per heavy atom. The lowest BCUT2D eigenvalue weighted by atomic mass is 9.97. The number of hydrogen-bond donors (Lipinski definition) is 2. The molecule has 0 aromatic heterocycles. The summed E-state index contributed by atoms with van der Waals surface area (Å²) in [5.41, 5.74) is 4.78. The number of carbonyl (C=O) groups excluding carboxylic acids is 1. The van der Waals surface area contributed by atoms with E-state index in [2.05, 4.69) is 12.2 Å². The standard InChI is InChI=1S/C12H24N2O2/c1-3-7-14-12(2,11(13)15)6-8-16-9-10-4-5-10/h10,14H,3-9H2,1-2H3,(H2,13,15). The highest BCUT2D eigenvalue weighted by Crippen LogP contribution is 2.28. The zero-order valence-electron chi connectivity index (χ0n) is 10.4. The Labute approximate surface area is 97.9 Å². The van der Waals surface area contributed by atoms with Crippen molar-refractivity contribution in [1.29, 1.82) is 0 Å². The van der Waals surface area contributed by atoms with Crippen LogP contribution in [0, 0.1) is 5.92 Å². The predicted molar refractivity (Wildman–Crippen MR) is 64.1 cm³/mol. The van der Waals surface area contributed by atoms with Crippen molar-refractivity contribution < 1.29 is 9.53 Å². The Bertz CT molecular complexity index is 229. The first kappa shape index (κ1) is 13.5. The molecule has 94 valence electrons. The quantitative estimate of drug-likeness (QED) is 0.580. The van der Waals surface area contributed by atoms with Crippen LogP contribution in [-0.4, -0.2) is 31.2 Å². The van der Waals surface area contributed by atoms with E-state index in [1.54, 1.807) is 0 Å². The van der Waals surface area contributed by atoms with E-state index in [1.165, 1.54) is 12.8 Å². The average molecular weight is 228 g/mol. The Kier molecular flexibility index (Phi) is 5.22. The fraction of sp³-hybridized carbons (Fsp3) is 0.917. The summed E-state index contributed by atoms with van der Waals surface area (Å²) in [6, 6.07) is 0. The van der Waals surface area contributed by atoms with Gasteiger partial charge in [0, 0.05) is 13.2 Å². The van der Waals surface area contributed by atoms with Gasteiger partial charge in [0.05, 0.1) is 5.54 Å². The van der Waals surface area contributed by atoms with E-state index in [9.17, 15) is 4.79 Å². The number of hydrogen-bond acceptors (Lipinski definition) is 3. The highest BCUT2D eigenvalue weighted by Gasteiger charge is 2.30.